The van der Waals surface area contributed by atoms with Crippen LogP contribution in [0.4, 0.5) is 0 Å². The zero-order valence-electron chi connectivity index (χ0n) is 16.9. The molecule has 29 heavy (non-hydrogen) atoms. The predicted octanol–water partition coefficient (Wildman–Crippen LogP) is -1.24. The monoisotopic (exact) mass is 434 g/mol. The molecule has 0 aliphatic heterocycles. The van der Waals surface area contributed by atoms with Gasteiger partial charge in [-0.05, 0) is 31.3 Å². The molecule has 0 aromatic carbocycles. The van der Waals surface area contributed by atoms with Crippen molar-refractivity contribution in [3.8, 4) is 0 Å². The summed E-state index contributed by atoms with van der Waals surface area (Å²) in [5.41, 5.74) is 5.49. The second-order valence-corrected chi connectivity index (χ2v) is 7.84. The van der Waals surface area contributed by atoms with Gasteiger partial charge in [-0.15, -0.1) is 0 Å². The van der Waals surface area contributed by atoms with Crippen LogP contribution in [0.25, 0.3) is 0 Å². The second kappa shape index (κ2) is 13.0. The van der Waals surface area contributed by atoms with E-state index in [2.05, 4.69) is 16.0 Å². The number of hydrogen-bond donors (Lipinski definition) is 6. The molecule has 0 aliphatic rings. The van der Waals surface area contributed by atoms with Gasteiger partial charge in [-0.3, -0.25) is 19.2 Å². The molecule has 11 nitrogen and oxygen atoms in total. The van der Waals surface area contributed by atoms with Crippen LogP contribution in [0.2, 0.25) is 0 Å². The molecular weight excluding hydrogens is 404 g/mol. The third kappa shape index (κ3) is 10.1. The Morgan fingerprint density at radius 2 is 1.41 bits per heavy atom. The lowest BCUT2D eigenvalue weighted by Crippen LogP contribution is -2.58. The van der Waals surface area contributed by atoms with Crippen molar-refractivity contribution >= 4 is 41.4 Å². The van der Waals surface area contributed by atoms with Crippen LogP contribution in [0.15, 0.2) is 0 Å². The van der Waals surface area contributed by atoms with E-state index in [4.69, 9.17) is 10.8 Å². The molecule has 4 unspecified atom stereocenters. The van der Waals surface area contributed by atoms with E-state index in [1.807, 2.05) is 0 Å². The first kappa shape index (κ1) is 26.7. The molecule has 0 rings (SSSR count). The zero-order valence-corrected chi connectivity index (χ0v) is 17.7. The van der Waals surface area contributed by atoms with Crippen molar-refractivity contribution < 1.29 is 34.2 Å². The summed E-state index contributed by atoms with van der Waals surface area (Å²) in [5, 5.41) is 25.3. The van der Waals surface area contributed by atoms with E-state index in [9.17, 15) is 29.1 Å². The second-order valence-electron chi connectivity index (χ2n) is 6.86. The van der Waals surface area contributed by atoms with Crippen molar-refractivity contribution in [2.75, 3.05) is 12.0 Å². The molecule has 0 aromatic heterocycles. The summed E-state index contributed by atoms with van der Waals surface area (Å²) in [6.07, 6.45) is 1.29. The van der Waals surface area contributed by atoms with Gasteiger partial charge in [0.2, 0.25) is 17.7 Å². The minimum atomic E-state index is -1.51. The number of rotatable bonds is 13. The molecule has 0 aromatic rings. The molecule has 0 saturated heterocycles. The third-order valence-electron chi connectivity index (χ3n) is 3.90. The molecule has 166 valence electrons. The maximum atomic E-state index is 12.6. The summed E-state index contributed by atoms with van der Waals surface area (Å²) in [4.78, 5) is 59.3. The molecule has 0 saturated carbocycles. The average molecular weight is 435 g/mol. The highest BCUT2D eigenvalue weighted by Crippen LogP contribution is 2.06. The molecule has 0 heterocycles. The Kier molecular flexibility index (Phi) is 11.9. The smallest absolute Gasteiger partial charge is 0.326 e. The number of carboxylic acids is 2. The molecule has 0 spiro atoms. The van der Waals surface area contributed by atoms with Crippen LogP contribution in [0, 0.1) is 5.92 Å². The van der Waals surface area contributed by atoms with Crippen LogP contribution < -0.4 is 21.7 Å². The Hall–Kier alpha value is -2.34. The van der Waals surface area contributed by atoms with Crippen molar-refractivity contribution in [2.24, 2.45) is 11.7 Å². The van der Waals surface area contributed by atoms with Gasteiger partial charge in [0.25, 0.3) is 0 Å². The highest BCUT2D eigenvalue weighted by molar-refractivity contribution is 7.98. The fraction of sp³-hybridized carbons (Fsp3) is 0.706. The lowest BCUT2D eigenvalue weighted by Gasteiger charge is -2.25. The van der Waals surface area contributed by atoms with Gasteiger partial charge in [-0.1, -0.05) is 13.8 Å². The van der Waals surface area contributed by atoms with Crippen molar-refractivity contribution in [1.82, 2.24) is 16.0 Å². The molecule has 7 N–H and O–H groups in total. The van der Waals surface area contributed by atoms with Crippen LogP contribution in [0.1, 0.15) is 33.6 Å². The molecule has 0 bridgehead atoms. The van der Waals surface area contributed by atoms with Crippen molar-refractivity contribution in [2.45, 2.75) is 57.8 Å². The zero-order chi connectivity index (χ0) is 22.7. The van der Waals surface area contributed by atoms with Crippen LogP contribution >= 0.6 is 11.8 Å². The van der Waals surface area contributed by atoms with E-state index in [0.717, 1.165) is 0 Å². The van der Waals surface area contributed by atoms with E-state index < -0.39 is 66.2 Å². The van der Waals surface area contributed by atoms with E-state index in [0.29, 0.717) is 5.75 Å². The minimum absolute atomic E-state index is 0.233. The minimum Gasteiger partial charge on any atom is -0.481 e. The molecule has 0 radical (unpaired) electrons. The first-order valence-electron chi connectivity index (χ1n) is 9.00. The van der Waals surface area contributed by atoms with Gasteiger partial charge in [-0.25, -0.2) is 4.79 Å². The fourth-order valence-corrected chi connectivity index (χ4v) is 2.70. The number of amides is 3. The number of carboxylic acid groups (broad SMARTS) is 2. The number of carbonyl (C=O) groups is 5. The summed E-state index contributed by atoms with van der Waals surface area (Å²) < 4.78 is 0. The fourth-order valence-electron chi connectivity index (χ4n) is 2.23. The molecule has 0 aliphatic carbocycles. The first-order valence-corrected chi connectivity index (χ1v) is 10.4. The van der Waals surface area contributed by atoms with E-state index in [1.165, 1.54) is 18.7 Å². The van der Waals surface area contributed by atoms with Gasteiger partial charge in [-0.2, -0.15) is 11.8 Å². The average Bonchev–Trinajstić information content (AvgIpc) is 2.60. The lowest BCUT2D eigenvalue weighted by molar-refractivity contribution is -0.144. The number of hydrogen-bond acceptors (Lipinski definition) is 7. The molecule has 12 heteroatoms. The van der Waals surface area contributed by atoms with Gasteiger partial charge >= 0.3 is 11.9 Å². The van der Waals surface area contributed by atoms with Crippen molar-refractivity contribution in [1.29, 1.82) is 0 Å². The lowest BCUT2D eigenvalue weighted by atomic mass is 10.0. The van der Waals surface area contributed by atoms with Gasteiger partial charge in [0.1, 0.15) is 18.1 Å². The van der Waals surface area contributed by atoms with Crippen LogP contribution in [-0.4, -0.2) is 76.0 Å². The van der Waals surface area contributed by atoms with Gasteiger partial charge in [0.05, 0.1) is 12.5 Å². The van der Waals surface area contributed by atoms with Gasteiger partial charge < -0.3 is 31.9 Å². The third-order valence-corrected chi connectivity index (χ3v) is 4.54. The van der Waals surface area contributed by atoms with Crippen LogP contribution in [0.5, 0.6) is 0 Å². The Morgan fingerprint density at radius 1 is 0.897 bits per heavy atom. The number of thioether (sulfide) groups is 1. The highest BCUT2D eigenvalue weighted by Gasteiger charge is 2.32. The Morgan fingerprint density at radius 3 is 1.83 bits per heavy atom. The van der Waals surface area contributed by atoms with Crippen molar-refractivity contribution in [3.63, 3.8) is 0 Å². The Balaban J connectivity index is 5.39. The van der Waals surface area contributed by atoms with E-state index in [1.54, 1.807) is 20.1 Å². The number of aliphatic carboxylic acids is 2. The summed E-state index contributed by atoms with van der Waals surface area (Å²) in [5.74, 6) is -4.86. The topological polar surface area (TPSA) is 188 Å². The van der Waals surface area contributed by atoms with E-state index >= 15 is 0 Å². The molecule has 4 atom stereocenters. The SMILES string of the molecule is CSCCC(NC(=O)C(C)N)C(=O)NC(CC(=O)O)C(=O)NC(C(=O)O)C(C)C. The Labute approximate surface area is 173 Å². The standard InChI is InChI=1S/C17H30N4O7S/c1-8(2)13(17(27)28)21-16(26)11(7-12(22)23)20-15(25)10(5-6-29-4)19-14(24)9(3)18/h8-11,13H,5-7,18H2,1-4H3,(H,19,24)(H,20,25)(H,21,26)(H,22,23)(H,27,28). The maximum Gasteiger partial charge on any atom is 0.326 e. The summed E-state index contributed by atoms with van der Waals surface area (Å²) in [6, 6.07) is -4.64. The Bertz CT molecular complexity index is 613. The quantitative estimate of drug-likeness (QED) is 0.206. The number of carbonyl (C=O) groups excluding carboxylic acids is 3. The molecule has 3 amide bonds. The van der Waals surface area contributed by atoms with Gasteiger partial charge in [0, 0.05) is 0 Å². The molecule has 0 fully saturated rings. The summed E-state index contributed by atoms with van der Waals surface area (Å²) >= 11 is 1.43. The summed E-state index contributed by atoms with van der Waals surface area (Å²) in [6.45, 7) is 4.59. The van der Waals surface area contributed by atoms with Crippen molar-refractivity contribution in [3.05, 3.63) is 0 Å². The number of nitrogens with one attached hydrogen (secondary N) is 3. The van der Waals surface area contributed by atoms with Gasteiger partial charge in [0.15, 0.2) is 0 Å². The normalized spacial score (nSPS) is 15.0. The summed E-state index contributed by atoms with van der Waals surface area (Å²) in [7, 11) is 0. The maximum absolute atomic E-state index is 12.6. The predicted molar refractivity (Wildman–Crippen MR) is 107 cm³/mol. The largest absolute Gasteiger partial charge is 0.481 e. The van der Waals surface area contributed by atoms with Crippen LogP contribution in [0.3, 0.4) is 0 Å². The number of nitrogens with two attached hydrogens (primary N) is 1. The van der Waals surface area contributed by atoms with Crippen LogP contribution in [-0.2, 0) is 24.0 Å². The van der Waals surface area contributed by atoms with E-state index in [-0.39, 0.29) is 6.42 Å². The highest BCUT2D eigenvalue weighted by atomic mass is 32.2. The molecular formula is C17H30N4O7S. The first-order chi connectivity index (χ1) is 13.4.